The van der Waals surface area contributed by atoms with Gasteiger partial charge >= 0.3 is 0 Å². The zero-order valence-electron chi connectivity index (χ0n) is 26.9. The number of aliphatic imine (C=N–C) groups is 2. The Labute approximate surface area is 251 Å². The van der Waals surface area contributed by atoms with Gasteiger partial charge in [0.2, 0.25) is 0 Å². The van der Waals surface area contributed by atoms with E-state index in [1.807, 2.05) is 0 Å². The first-order valence-electron chi connectivity index (χ1n) is 16.5. The van der Waals surface area contributed by atoms with Crippen LogP contribution in [0.3, 0.4) is 0 Å². The summed E-state index contributed by atoms with van der Waals surface area (Å²) in [4.78, 5) is 10.4. The summed E-state index contributed by atoms with van der Waals surface area (Å²) in [5.74, 6) is 0. The minimum absolute atomic E-state index is 0.863. The molecule has 220 valence electrons. The summed E-state index contributed by atoms with van der Waals surface area (Å²) < 4.78 is 0. The monoisotopic (exact) mass is 550 g/mol. The quantitative estimate of drug-likeness (QED) is 0.118. The molecule has 0 saturated heterocycles. The summed E-state index contributed by atoms with van der Waals surface area (Å²) in [6, 6.07) is 22.5. The standard InChI is InChI=1S/C39H54N2/c1-7-12-15-17-21-32-25-31(20-13-8-2)26-35(27-32)41-39(11-5)30(6)40-36-28-34(22-14-9-3)37(10-4)38(29-36)33-23-18-16-19-24-33/h16,18-19,23-29H,7-15,17,20-22H2,1-6H3. The number of rotatable bonds is 17. The first kappa shape index (κ1) is 32.5. The maximum atomic E-state index is 5.22. The van der Waals surface area contributed by atoms with E-state index in [0.29, 0.717) is 0 Å². The molecule has 0 bridgehead atoms. The SMILES string of the molecule is CCCCCCc1cc(CCCC)cc(N=C(CC)C(C)=Nc2cc(CCCC)c(CC)c(-c3ccccc3)c2)c1. The average molecular weight is 551 g/mol. The van der Waals surface area contributed by atoms with Crippen LogP contribution in [0.25, 0.3) is 11.1 Å². The molecule has 41 heavy (non-hydrogen) atoms. The molecular weight excluding hydrogens is 496 g/mol. The highest BCUT2D eigenvalue weighted by Gasteiger charge is 2.13. The summed E-state index contributed by atoms with van der Waals surface area (Å²) in [6.07, 6.45) is 15.3. The zero-order valence-corrected chi connectivity index (χ0v) is 26.9. The fourth-order valence-corrected chi connectivity index (χ4v) is 5.73. The maximum absolute atomic E-state index is 5.22. The van der Waals surface area contributed by atoms with Gasteiger partial charge in [-0.3, -0.25) is 9.98 Å². The normalized spacial score (nSPS) is 12.2. The molecule has 0 aromatic heterocycles. The van der Waals surface area contributed by atoms with E-state index in [-0.39, 0.29) is 0 Å². The zero-order chi connectivity index (χ0) is 29.5. The van der Waals surface area contributed by atoms with Crippen LogP contribution in [0.1, 0.15) is 122 Å². The smallest absolute Gasteiger partial charge is 0.0642 e. The summed E-state index contributed by atoms with van der Waals surface area (Å²) in [5.41, 5.74) is 12.6. The van der Waals surface area contributed by atoms with E-state index in [9.17, 15) is 0 Å². The van der Waals surface area contributed by atoms with Gasteiger partial charge in [0, 0.05) is 0 Å². The lowest BCUT2D eigenvalue weighted by Crippen LogP contribution is -2.09. The number of nitrogens with zero attached hydrogens (tertiary/aromatic N) is 2. The van der Waals surface area contributed by atoms with Crippen molar-refractivity contribution in [2.24, 2.45) is 9.98 Å². The lowest BCUT2D eigenvalue weighted by Gasteiger charge is -2.16. The second-order valence-electron chi connectivity index (χ2n) is 11.5. The molecule has 0 aliphatic rings. The fraction of sp³-hybridized carbons (Fsp3) is 0.487. The molecule has 0 unspecified atom stereocenters. The average Bonchev–Trinajstić information content (AvgIpc) is 3.00. The maximum Gasteiger partial charge on any atom is 0.0642 e. The van der Waals surface area contributed by atoms with Gasteiger partial charge in [-0.15, -0.1) is 0 Å². The van der Waals surface area contributed by atoms with E-state index in [1.54, 1.807) is 0 Å². The summed E-state index contributed by atoms with van der Waals surface area (Å²) in [7, 11) is 0. The van der Waals surface area contributed by atoms with Crippen molar-refractivity contribution in [2.75, 3.05) is 0 Å². The van der Waals surface area contributed by atoms with Crippen LogP contribution in [0.15, 0.2) is 70.6 Å². The molecule has 3 aromatic carbocycles. The van der Waals surface area contributed by atoms with Gasteiger partial charge in [0.15, 0.2) is 0 Å². The van der Waals surface area contributed by atoms with Crippen molar-refractivity contribution in [1.82, 2.24) is 0 Å². The molecule has 2 heteroatoms. The Morgan fingerprint density at radius 3 is 1.88 bits per heavy atom. The molecule has 0 saturated carbocycles. The lowest BCUT2D eigenvalue weighted by molar-refractivity contribution is 0.666. The molecule has 0 atom stereocenters. The van der Waals surface area contributed by atoms with Gasteiger partial charge in [-0.25, -0.2) is 0 Å². The Balaban J connectivity index is 2.00. The second-order valence-corrected chi connectivity index (χ2v) is 11.5. The number of hydrogen-bond acceptors (Lipinski definition) is 2. The van der Waals surface area contributed by atoms with E-state index in [0.717, 1.165) is 54.9 Å². The molecule has 0 aliphatic carbocycles. The molecule has 0 N–H and O–H groups in total. The first-order chi connectivity index (χ1) is 20.0. The van der Waals surface area contributed by atoms with Crippen molar-refractivity contribution in [3.05, 3.63) is 82.9 Å². The Morgan fingerprint density at radius 1 is 0.610 bits per heavy atom. The van der Waals surface area contributed by atoms with Gasteiger partial charge in [0.25, 0.3) is 0 Å². The molecular formula is C39H54N2. The van der Waals surface area contributed by atoms with E-state index in [1.165, 1.54) is 84.7 Å². The van der Waals surface area contributed by atoms with E-state index in [4.69, 9.17) is 9.98 Å². The highest BCUT2D eigenvalue weighted by molar-refractivity contribution is 6.42. The van der Waals surface area contributed by atoms with Crippen LogP contribution >= 0.6 is 0 Å². The van der Waals surface area contributed by atoms with Crippen molar-refractivity contribution >= 4 is 22.8 Å². The Bertz CT molecular complexity index is 1270. The van der Waals surface area contributed by atoms with Gasteiger partial charge in [0.1, 0.15) is 0 Å². The predicted molar refractivity (Wildman–Crippen MR) is 183 cm³/mol. The largest absolute Gasteiger partial charge is 0.252 e. The number of hydrogen-bond donors (Lipinski definition) is 0. The minimum atomic E-state index is 0.863. The van der Waals surface area contributed by atoms with Gasteiger partial charge < -0.3 is 0 Å². The molecule has 0 fully saturated rings. The third-order valence-electron chi connectivity index (χ3n) is 8.05. The molecule has 3 aromatic rings. The second kappa shape index (κ2) is 17.7. The molecule has 0 aliphatic heterocycles. The van der Waals surface area contributed by atoms with Crippen LogP contribution in [0, 0.1) is 0 Å². The molecule has 2 nitrogen and oxygen atoms in total. The van der Waals surface area contributed by atoms with Gasteiger partial charge in [0.05, 0.1) is 22.8 Å². The molecule has 3 rings (SSSR count). The van der Waals surface area contributed by atoms with Crippen LogP contribution < -0.4 is 0 Å². The Kier molecular flexibility index (Phi) is 14.1. The molecule has 0 spiro atoms. The Hall–Kier alpha value is -3.00. The molecule has 0 amide bonds. The van der Waals surface area contributed by atoms with Crippen LogP contribution in [0.2, 0.25) is 0 Å². The number of aryl methyl sites for hydroxylation is 3. The topological polar surface area (TPSA) is 24.7 Å². The minimum Gasteiger partial charge on any atom is -0.252 e. The fourth-order valence-electron chi connectivity index (χ4n) is 5.73. The Morgan fingerprint density at radius 2 is 1.24 bits per heavy atom. The van der Waals surface area contributed by atoms with E-state index >= 15 is 0 Å². The summed E-state index contributed by atoms with van der Waals surface area (Å²) >= 11 is 0. The first-order valence-corrected chi connectivity index (χ1v) is 16.5. The highest BCUT2D eigenvalue weighted by Crippen LogP contribution is 2.33. The van der Waals surface area contributed by atoms with Crippen LogP contribution in [-0.4, -0.2) is 11.4 Å². The molecule has 0 heterocycles. The van der Waals surface area contributed by atoms with Crippen molar-refractivity contribution in [3.63, 3.8) is 0 Å². The number of unbranched alkanes of at least 4 members (excludes halogenated alkanes) is 5. The third-order valence-corrected chi connectivity index (χ3v) is 8.05. The van der Waals surface area contributed by atoms with Crippen LogP contribution in [0.5, 0.6) is 0 Å². The lowest BCUT2D eigenvalue weighted by atomic mass is 9.90. The predicted octanol–water partition coefficient (Wildman–Crippen LogP) is 12.0. The van der Waals surface area contributed by atoms with Gasteiger partial charge in [-0.1, -0.05) is 103 Å². The van der Waals surface area contributed by atoms with Crippen LogP contribution in [-0.2, 0) is 25.7 Å². The highest BCUT2D eigenvalue weighted by atomic mass is 14.8. The summed E-state index contributed by atoms with van der Waals surface area (Å²) in [5, 5.41) is 0. The summed E-state index contributed by atoms with van der Waals surface area (Å²) in [6.45, 7) is 13.4. The van der Waals surface area contributed by atoms with E-state index < -0.39 is 0 Å². The van der Waals surface area contributed by atoms with Gasteiger partial charge in [-0.2, -0.15) is 0 Å². The van der Waals surface area contributed by atoms with Crippen molar-refractivity contribution in [2.45, 2.75) is 125 Å². The molecule has 0 radical (unpaired) electrons. The van der Waals surface area contributed by atoms with Crippen LogP contribution in [0.4, 0.5) is 11.4 Å². The van der Waals surface area contributed by atoms with Crippen molar-refractivity contribution in [3.8, 4) is 11.1 Å². The number of benzene rings is 3. The van der Waals surface area contributed by atoms with Gasteiger partial charge in [-0.05, 0) is 116 Å². The van der Waals surface area contributed by atoms with Crippen molar-refractivity contribution in [1.29, 1.82) is 0 Å². The third kappa shape index (κ3) is 10.1. The van der Waals surface area contributed by atoms with Crippen molar-refractivity contribution < 1.29 is 0 Å². The van der Waals surface area contributed by atoms with E-state index in [2.05, 4.69) is 102 Å².